The van der Waals surface area contributed by atoms with Gasteiger partial charge in [0.25, 0.3) is 5.91 Å². The molecule has 1 amide bonds. The van der Waals surface area contributed by atoms with E-state index in [0.717, 1.165) is 50.3 Å². The molecule has 3 aromatic rings. The second-order valence-electron chi connectivity index (χ2n) is 10.1. The first kappa shape index (κ1) is 25.6. The predicted octanol–water partition coefficient (Wildman–Crippen LogP) is 4.47. The molecule has 1 saturated heterocycles. The molecule has 5 rings (SSSR count). The number of alkyl halides is 3. The molecule has 2 N–H and O–H groups in total. The van der Waals surface area contributed by atoms with Gasteiger partial charge in [-0.15, -0.1) is 0 Å². The Morgan fingerprint density at radius 2 is 1.95 bits per heavy atom. The molecule has 0 unspecified atom stereocenters. The third-order valence-corrected chi connectivity index (χ3v) is 7.66. The van der Waals surface area contributed by atoms with E-state index in [0.29, 0.717) is 24.3 Å². The molecule has 198 valence electrons. The molecule has 11 heteroatoms. The molecule has 1 aliphatic carbocycles. The van der Waals surface area contributed by atoms with Gasteiger partial charge in [0.2, 0.25) is 0 Å². The van der Waals surface area contributed by atoms with Crippen molar-refractivity contribution in [3.05, 3.63) is 64.9 Å². The number of likely N-dealkylation sites (tertiary alicyclic amines) is 1. The highest BCUT2D eigenvalue weighted by Crippen LogP contribution is 2.38. The zero-order valence-corrected chi connectivity index (χ0v) is 20.4. The van der Waals surface area contributed by atoms with E-state index < -0.39 is 29.5 Å². The number of carbonyl (C=O) groups excluding carboxylic acids is 1. The van der Waals surface area contributed by atoms with Crippen LogP contribution in [0.15, 0.2) is 36.8 Å². The van der Waals surface area contributed by atoms with Gasteiger partial charge in [-0.3, -0.25) is 9.69 Å². The summed E-state index contributed by atoms with van der Waals surface area (Å²) in [6.45, 7) is 3.07. The highest BCUT2D eigenvalue weighted by Gasteiger charge is 2.36. The minimum absolute atomic E-state index is 0.168. The molecule has 2 aromatic heterocycles. The zero-order valence-electron chi connectivity index (χ0n) is 20.4. The molecule has 0 spiro atoms. The van der Waals surface area contributed by atoms with E-state index in [1.54, 1.807) is 6.07 Å². The number of hydrogen-bond donors (Lipinski definition) is 2. The number of aromatic nitrogens is 3. The smallest absolute Gasteiger partial charge is 0.392 e. The average molecular weight is 520 g/mol. The molecule has 1 saturated carbocycles. The molecule has 1 aliphatic heterocycles. The third kappa shape index (κ3) is 5.19. The van der Waals surface area contributed by atoms with Gasteiger partial charge >= 0.3 is 6.18 Å². The number of nitrogens with one attached hydrogen (secondary N) is 1. The molecule has 2 fully saturated rings. The lowest BCUT2D eigenvalue weighted by Crippen LogP contribution is -2.36. The lowest BCUT2D eigenvalue weighted by atomic mass is 9.81. The molecule has 2 aliphatic rings. The lowest BCUT2D eigenvalue weighted by Gasteiger charge is -2.34. The van der Waals surface area contributed by atoms with Crippen LogP contribution in [0.1, 0.15) is 78.0 Å². The Balaban J connectivity index is 1.34. The highest BCUT2D eigenvalue weighted by atomic mass is 19.4. The summed E-state index contributed by atoms with van der Waals surface area (Å²) in [5, 5.41) is 16.7. The Kier molecular flexibility index (Phi) is 6.93. The van der Waals surface area contributed by atoms with E-state index in [-0.39, 0.29) is 23.1 Å². The topological polar surface area (TPSA) is 82.8 Å². The predicted molar refractivity (Wildman–Crippen MR) is 127 cm³/mol. The SMILES string of the molecule is C[C@@H](NC(=O)c1cc(C2CCC(N3CC[C@H](O)C3)CC2)c2ncnn2c1)c1cccc(C(F)(F)F)c1F. The standard InChI is InChI=1S/C26H29F4N5O2/c1-15(20-3-2-4-22(23(20)27)26(28,29)30)33-25(37)17-11-21(24-31-14-32-35(24)12-17)16-5-7-18(8-6-16)34-10-9-19(36)13-34/h2-4,11-12,14-16,18-19,36H,5-10,13H2,1H3,(H,33,37)/t15-,16?,18?,19+/m1/s1. The number of hydrogen-bond acceptors (Lipinski definition) is 5. The summed E-state index contributed by atoms with van der Waals surface area (Å²) in [7, 11) is 0. The first-order valence-corrected chi connectivity index (χ1v) is 12.5. The van der Waals surface area contributed by atoms with Gasteiger partial charge in [0.05, 0.1) is 23.3 Å². The first-order chi connectivity index (χ1) is 17.6. The van der Waals surface area contributed by atoms with Crippen molar-refractivity contribution in [2.24, 2.45) is 0 Å². The number of fused-ring (bicyclic) bond motifs is 1. The molecular formula is C26H29F4N5O2. The summed E-state index contributed by atoms with van der Waals surface area (Å²) in [4.78, 5) is 19.9. The Morgan fingerprint density at radius 1 is 1.19 bits per heavy atom. The fraction of sp³-hybridized carbons (Fsp3) is 0.500. The van der Waals surface area contributed by atoms with Gasteiger partial charge in [-0.1, -0.05) is 12.1 Å². The van der Waals surface area contributed by atoms with Crippen LogP contribution in [0, 0.1) is 5.82 Å². The largest absolute Gasteiger partial charge is 0.419 e. The van der Waals surface area contributed by atoms with Gasteiger partial charge < -0.3 is 10.4 Å². The van der Waals surface area contributed by atoms with Crippen LogP contribution in [0.2, 0.25) is 0 Å². The number of carbonyl (C=O) groups is 1. The maximum Gasteiger partial charge on any atom is 0.419 e. The molecule has 7 nitrogen and oxygen atoms in total. The Hall–Kier alpha value is -3.05. The number of halogens is 4. The van der Waals surface area contributed by atoms with Crippen LogP contribution < -0.4 is 5.32 Å². The fourth-order valence-corrected chi connectivity index (χ4v) is 5.69. The lowest BCUT2D eigenvalue weighted by molar-refractivity contribution is -0.140. The first-order valence-electron chi connectivity index (χ1n) is 12.5. The summed E-state index contributed by atoms with van der Waals surface area (Å²) in [5.74, 6) is -1.76. The van der Waals surface area contributed by atoms with Gasteiger partial charge in [-0.2, -0.15) is 18.3 Å². The van der Waals surface area contributed by atoms with Crippen molar-refractivity contribution in [1.82, 2.24) is 24.8 Å². The number of aliphatic hydroxyl groups excluding tert-OH is 1. The molecule has 0 radical (unpaired) electrons. The second kappa shape index (κ2) is 10.0. The number of nitrogens with zero attached hydrogens (tertiary/aromatic N) is 4. The van der Waals surface area contributed by atoms with Crippen molar-refractivity contribution < 1.29 is 27.5 Å². The van der Waals surface area contributed by atoms with Crippen molar-refractivity contribution in [2.75, 3.05) is 13.1 Å². The van der Waals surface area contributed by atoms with E-state index in [2.05, 4.69) is 20.3 Å². The quantitative estimate of drug-likeness (QED) is 0.486. The van der Waals surface area contributed by atoms with E-state index in [9.17, 15) is 27.5 Å². The van der Waals surface area contributed by atoms with E-state index in [1.165, 1.54) is 30.0 Å². The second-order valence-corrected chi connectivity index (χ2v) is 10.1. The minimum Gasteiger partial charge on any atom is -0.392 e. The van der Waals surface area contributed by atoms with Gasteiger partial charge in [0.15, 0.2) is 5.65 Å². The third-order valence-electron chi connectivity index (χ3n) is 7.66. The average Bonchev–Trinajstić information content (AvgIpc) is 3.51. The summed E-state index contributed by atoms with van der Waals surface area (Å²) < 4.78 is 55.5. The summed E-state index contributed by atoms with van der Waals surface area (Å²) in [6.07, 6.45) is 2.40. The fourth-order valence-electron chi connectivity index (χ4n) is 5.69. The molecule has 37 heavy (non-hydrogen) atoms. The van der Waals surface area contributed by atoms with E-state index in [1.807, 2.05) is 0 Å². The number of pyridine rings is 1. The number of amides is 1. The maximum absolute atomic E-state index is 14.6. The highest BCUT2D eigenvalue weighted by molar-refractivity contribution is 5.94. The van der Waals surface area contributed by atoms with Crippen LogP contribution in [0.5, 0.6) is 0 Å². The molecule has 2 atom stereocenters. The van der Waals surface area contributed by atoms with Crippen molar-refractivity contribution >= 4 is 11.6 Å². The van der Waals surface area contributed by atoms with E-state index >= 15 is 0 Å². The van der Waals surface area contributed by atoms with Gasteiger partial charge in [0, 0.05) is 36.5 Å². The van der Waals surface area contributed by atoms with Crippen LogP contribution in [-0.4, -0.2) is 55.7 Å². The molecule has 0 bridgehead atoms. The summed E-state index contributed by atoms with van der Waals surface area (Å²) in [5.41, 5.74) is 0.223. The van der Waals surface area contributed by atoms with Crippen LogP contribution in [0.25, 0.3) is 5.65 Å². The summed E-state index contributed by atoms with van der Waals surface area (Å²) >= 11 is 0. The zero-order chi connectivity index (χ0) is 26.3. The van der Waals surface area contributed by atoms with Crippen molar-refractivity contribution in [1.29, 1.82) is 0 Å². The summed E-state index contributed by atoms with van der Waals surface area (Å²) in [6, 6.07) is 4.24. The van der Waals surface area contributed by atoms with Crippen LogP contribution >= 0.6 is 0 Å². The van der Waals surface area contributed by atoms with Crippen LogP contribution in [0.4, 0.5) is 17.6 Å². The van der Waals surface area contributed by atoms with Crippen LogP contribution in [-0.2, 0) is 6.18 Å². The van der Waals surface area contributed by atoms with Crippen molar-refractivity contribution in [3.63, 3.8) is 0 Å². The molecular weight excluding hydrogens is 490 g/mol. The van der Waals surface area contributed by atoms with Gasteiger partial charge in [-0.25, -0.2) is 13.9 Å². The van der Waals surface area contributed by atoms with Gasteiger partial charge in [-0.05, 0) is 57.1 Å². The minimum atomic E-state index is -4.83. The molecule has 3 heterocycles. The number of rotatable bonds is 5. The number of benzene rings is 1. The Morgan fingerprint density at radius 3 is 2.62 bits per heavy atom. The van der Waals surface area contributed by atoms with Crippen molar-refractivity contribution in [2.45, 2.75) is 69.3 Å². The number of aliphatic hydroxyl groups is 1. The number of β-amino-alcohol motifs (C(OH)–C–C–N with tert-alkyl or cyclic N) is 1. The Bertz CT molecular complexity index is 1290. The monoisotopic (exact) mass is 519 g/mol. The Labute approximate surface area is 211 Å². The molecule has 1 aromatic carbocycles. The maximum atomic E-state index is 14.6. The van der Waals surface area contributed by atoms with Crippen molar-refractivity contribution in [3.8, 4) is 0 Å². The normalized spacial score (nSPS) is 23.9. The van der Waals surface area contributed by atoms with E-state index in [4.69, 9.17) is 0 Å². The van der Waals surface area contributed by atoms with Crippen LogP contribution in [0.3, 0.4) is 0 Å². The van der Waals surface area contributed by atoms with Gasteiger partial charge in [0.1, 0.15) is 12.1 Å².